The molecule has 1 aromatic carbocycles. The summed E-state index contributed by atoms with van der Waals surface area (Å²) in [5, 5.41) is 3.21. The second kappa shape index (κ2) is 5.79. The second-order valence-corrected chi connectivity index (χ2v) is 6.76. The summed E-state index contributed by atoms with van der Waals surface area (Å²) in [5.74, 6) is -0.0919. The van der Waals surface area contributed by atoms with Crippen molar-refractivity contribution in [3.05, 3.63) is 28.2 Å². The van der Waals surface area contributed by atoms with Crippen molar-refractivity contribution in [3.8, 4) is 0 Å². The van der Waals surface area contributed by atoms with Crippen molar-refractivity contribution in [3.63, 3.8) is 0 Å². The smallest absolute Gasteiger partial charge is 0.252 e. The minimum absolute atomic E-state index is 0.0294. The summed E-state index contributed by atoms with van der Waals surface area (Å²) in [5.41, 5.74) is 1.99. The predicted octanol–water partition coefficient (Wildman–Crippen LogP) is 3.24. The fraction of sp³-hybridized carbons (Fsp3) is 0.500. The molecule has 112 valence electrons. The molecule has 0 aromatic heterocycles. The van der Waals surface area contributed by atoms with Gasteiger partial charge in [0.2, 0.25) is 5.91 Å². The van der Waals surface area contributed by atoms with Gasteiger partial charge in [-0.25, -0.2) is 0 Å². The Balaban J connectivity index is 1.73. The number of benzene rings is 1. The Labute approximate surface area is 133 Å². The lowest BCUT2D eigenvalue weighted by Gasteiger charge is -2.22. The van der Waals surface area contributed by atoms with E-state index >= 15 is 0 Å². The average molecular weight is 351 g/mol. The van der Waals surface area contributed by atoms with E-state index in [0.717, 1.165) is 41.4 Å². The van der Waals surface area contributed by atoms with Gasteiger partial charge in [0.1, 0.15) is 6.04 Å². The zero-order chi connectivity index (χ0) is 15.0. The average Bonchev–Trinajstić information content (AvgIpc) is 3.04. The number of likely N-dealkylation sites (tertiary alicyclic amines) is 1. The Kier molecular flexibility index (Phi) is 4.02. The second-order valence-electron chi connectivity index (χ2n) is 5.91. The molecular weight excluding hydrogens is 332 g/mol. The van der Waals surface area contributed by atoms with Crippen LogP contribution in [-0.4, -0.2) is 28.8 Å². The molecule has 21 heavy (non-hydrogen) atoms. The molecule has 1 N–H and O–H groups in total. The number of rotatable bonds is 3. The van der Waals surface area contributed by atoms with E-state index in [4.69, 9.17) is 0 Å². The highest BCUT2D eigenvalue weighted by atomic mass is 79.9. The molecular formula is C16H19BrN2O2. The highest BCUT2D eigenvalue weighted by molar-refractivity contribution is 9.10. The van der Waals surface area contributed by atoms with Crippen molar-refractivity contribution in [1.82, 2.24) is 4.90 Å². The molecule has 1 saturated heterocycles. The van der Waals surface area contributed by atoms with Crippen LogP contribution in [0.1, 0.15) is 37.7 Å². The first kappa shape index (κ1) is 14.6. The van der Waals surface area contributed by atoms with E-state index in [0.29, 0.717) is 0 Å². The van der Waals surface area contributed by atoms with Crippen LogP contribution >= 0.6 is 15.9 Å². The molecule has 2 amide bonds. The van der Waals surface area contributed by atoms with Crippen molar-refractivity contribution in [1.29, 1.82) is 0 Å². The van der Waals surface area contributed by atoms with Crippen LogP contribution in [0.3, 0.4) is 0 Å². The van der Waals surface area contributed by atoms with Crippen LogP contribution in [0.4, 0.5) is 5.69 Å². The molecule has 1 unspecified atom stereocenters. The fourth-order valence-corrected chi connectivity index (χ4v) is 3.49. The molecule has 5 heteroatoms. The number of imide groups is 1. The van der Waals surface area contributed by atoms with Gasteiger partial charge in [0.15, 0.2) is 0 Å². The van der Waals surface area contributed by atoms with E-state index in [1.165, 1.54) is 4.90 Å². The molecule has 2 aliphatic rings. The van der Waals surface area contributed by atoms with E-state index in [-0.39, 0.29) is 24.3 Å². The first-order valence-electron chi connectivity index (χ1n) is 7.45. The van der Waals surface area contributed by atoms with E-state index in [1.807, 2.05) is 25.1 Å². The van der Waals surface area contributed by atoms with Crippen LogP contribution in [0, 0.1) is 6.92 Å². The fourth-order valence-electron chi connectivity index (χ4n) is 3.25. The number of anilines is 1. The molecule has 2 fully saturated rings. The zero-order valence-corrected chi connectivity index (χ0v) is 13.6. The van der Waals surface area contributed by atoms with Crippen LogP contribution in [0.15, 0.2) is 22.7 Å². The number of nitrogens with zero attached hydrogens (tertiary/aromatic N) is 1. The van der Waals surface area contributed by atoms with Crippen molar-refractivity contribution in [2.45, 2.75) is 51.1 Å². The van der Waals surface area contributed by atoms with Crippen LogP contribution in [-0.2, 0) is 9.59 Å². The highest BCUT2D eigenvalue weighted by Gasteiger charge is 2.42. The monoisotopic (exact) mass is 350 g/mol. The van der Waals surface area contributed by atoms with Gasteiger partial charge < -0.3 is 5.32 Å². The molecule has 0 bridgehead atoms. The number of aryl methyl sites for hydroxylation is 1. The van der Waals surface area contributed by atoms with Gasteiger partial charge >= 0.3 is 0 Å². The van der Waals surface area contributed by atoms with Gasteiger partial charge in [-0.2, -0.15) is 0 Å². The Morgan fingerprint density at radius 1 is 1.24 bits per heavy atom. The minimum Gasteiger partial charge on any atom is -0.373 e. The van der Waals surface area contributed by atoms with Gasteiger partial charge in [0.25, 0.3) is 5.91 Å². The number of hydrogen-bond acceptors (Lipinski definition) is 3. The van der Waals surface area contributed by atoms with Crippen molar-refractivity contribution in [2.75, 3.05) is 5.32 Å². The lowest BCUT2D eigenvalue weighted by molar-refractivity contribution is -0.141. The summed E-state index contributed by atoms with van der Waals surface area (Å²) >= 11 is 3.46. The number of carbonyl (C=O) groups excluding carboxylic acids is 2. The van der Waals surface area contributed by atoms with Gasteiger partial charge in [-0.15, -0.1) is 0 Å². The molecule has 4 nitrogen and oxygen atoms in total. The Bertz CT molecular complexity index is 582. The number of halogens is 1. The Hall–Kier alpha value is -1.36. The van der Waals surface area contributed by atoms with Gasteiger partial charge in [-0.3, -0.25) is 14.5 Å². The third-order valence-electron chi connectivity index (χ3n) is 4.37. The van der Waals surface area contributed by atoms with E-state index in [2.05, 4.69) is 21.2 Å². The molecule has 1 aliphatic heterocycles. The molecule has 1 aromatic rings. The van der Waals surface area contributed by atoms with Gasteiger partial charge in [0, 0.05) is 16.2 Å². The van der Waals surface area contributed by atoms with Crippen LogP contribution in [0.5, 0.6) is 0 Å². The largest absolute Gasteiger partial charge is 0.373 e. The molecule has 0 spiro atoms. The minimum atomic E-state index is -0.418. The highest BCUT2D eigenvalue weighted by Crippen LogP contribution is 2.29. The maximum Gasteiger partial charge on any atom is 0.252 e. The van der Waals surface area contributed by atoms with Crippen molar-refractivity contribution >= 4 is 33.4 Å². The van der Waals surface area contributed by atoms with E-state index in [1.54, 1.807) is 0 Å². The first-order chi connectivity index (χ1) is 10.1. The van der Waals surface area contributed by atoms with E-state index < -0.39 is 6.04 Å². The Morgan fingerprint density at radius 3 is 2.62 bits per heavy atom. The third kappa shape index (κ3) is 2.84. The molecule has 3 rings (SSSR count). The zero-order valence-electron chi connectivity index (χ0n) is 12.1. The predicted molar refractivity (Wildman–Crippen MR) is 85.0 cm³/mol. The topological polar surface area (TPSA) is 49.4 Å². The Morgan fingerprint density at radius 2 is 1.95 bits per heavy atom. The van der Waals surface area contributed by atoms with E-state index in [9.17, 15) is 9.59 Å². The van der Waals surface area contributed by atoms with Crippen molar-refractivity contribution in [2.24, 2.45) is 0 Å². The van der Waals surface area contributed by atoms with Crippen molar-refractivity contribution < 1.29 is 9.59 Å². The SMILES string of the molecule is Cc1cc(NC2CC(=O)N(C3CCCC3)C2=O)ccc1Br. The quantitative estimate of drug-likeness (QED) is 0.851. The third-order valence-corrected chi connectivity index (χ3v) is 5.26. The maximum absolute atomic E-state index is 12.5. The molecule has 1 aliphatic carbocycles. The van der Waals surface area contributed by atoms with Crippen LogP contribution < -0.4 is 5.32 Å². The van der Waals surface area contributed by atoms with Crippen LogP contribution in [0.25, 0.3) is 0 Å². The number of nitrogens with one attached hydrogen (secondary N) is 1. The molecule has 1 heterocycles. The normalized spacial score (nSPS) is 23.1. The summed E-state index contributed by atoms with van der Waals surface area (Å²) in [6, 6.07) is 5.57. The molecule has 1 saturated carbocycles. The summed E-state index contributed by atoms with van der Waals surface area (Å²) in [6.45, 7) is 2.00. The molecule has 1 atom stereocenters. The number of carbonyl (C=O) groups is 2. The summed E-state index contributed by atoms with van der Waals surface area (Å²) < 4.78 is 1.04. The summed E-state index contributed by atoms with van der Waals surface area (Å²) in [4.78, 5) is 26.2. The van der Waals surface area contributed by atoms with Gasteiger partial charge in [-0.05, 0) is 43.5 Å². The first-order valence-corrected chi connectivity index (χ1v) is 8.24. The number of amides is 2. The van der Waals surface area contributed by atoms with Gasteiger partial charge in [0.05, 0.1) is 6.42 Å². The summed E-state index contributed by atoms with van der Waals surface area (Å²) in [6.07, 6.45) is 4.42. The standard InChI is InChI=1S/C16H19BrN2O2/c1-10-8-11(6-7-13(10)17)18-14-9-15(20)19(16(14)21)12-4-2-3-5-12/h6-8,12,14,18H,2-5,9H2,1H3. The van der Waals surface area contributed by atoms with Gasteiger partial charge in [-0.1, -0.05) is 28.8 Å². The summed E-state index contributed by atoms with van der Waals surface area (Å²) in [7, 11) is 0. The lowest BCUT2D eigenvalue weighted by Crippen LogP contribution is -2.40. The number of hydrogen-bond donors (Lipinski definition) is 1. The molecule has 0 radical (unpaired) electrons. The lowest BCUT2D eigenvalue weighted by atomic mass is 10.2. The maximum atomic E-state index is 12.5. The van der Waals surface area contributed by atoms with Crippen LogP contribution in [0.2, 0.25) is 0 Å².